The summed E-state index contributed by atoms with van der Waals surface area (Å²) in [7, 11) is 1.64. The van der Waals surface area contributed by atoms with E-state index in [1.807, 2.05) is 43.3 Å². The van der Waals surface area contributed by atoms with Gasteiger partial charge < -0.3 is 14.6 Å². The van der Waals surface area contributed by atoms with Crippen molar-refractivity contribution in [2.75, 3.05) is 13.7 Å². The number of aromatic carboxylic acids is 1. The number of rotatable bonds is 8. The topological polar surface area (TPSA) is 88.4 Å². The van der Waals surface area contributed by atoms with E-state index in [1.54, 1.807) is 25.3 Å². The second-order valence-corrected chi connectivity index (χ2v) is 9.80. The molecule has 1 aliphatic rings. The molecule has 8 heteroatoms. The number of thioether (sulfide) groups is 1. The van der Waals surface area contributed by atoms with Crippen LogP contribution in [0.3, 0.4) is 0 Å². The zero-order valence-corrected chi connectivity index (χ0v) is 22.3. The number of benzene rings is 4. The first-order valence-electron chi connectivity index (χ1n) is 12.4. The lowest BCUT2D eigenvalue weighted by molar-refractivity contribution is -0.121. The Kier molecular flexibility index (Phi) is 7.65. The normalized spacial score (nSPS) is 15.3. The lowest BCUT2D eigenvalue weighted by Gasteiger charge is -2.14. The van der Waals surface area contributed by atoms with E-state index in [0.29, 0.717) is 40.5 Å². The van der Waals surface area contributed by atoms with Crippen molar-refractivity contribution in [1.29, 1.82) is 0 Å². The van der Waals surface area contributed by atoms with Crippen molar-refractivity contribution in [2.24, 2.45) is 4.99 Å². The molecule has 1 heterocycles. The summed E-state index contributed by atoms with van der Waals surface area (Å²) >= 11 is 1.23. The van der Waals surface area contributed by atoms with Gasteiger partial charge in [0.2, 0.25) is 0 Å². The van der Waals surface area contributed by atoms with Crippen LogP contribution in [0, 0.1) is 0 Å². The van der Waals surface area contributed by atoms with Crippen LogP contribution in [-0.2, 0) is 11.4 Å². The van der Waals surface area contributed by atoms with E-state index in [4.69, 9.17) is 9.47 Å². The number of carbonyl (C=O) groups is 2. The first-order chi connectivity index (χ1) is 18.9. The molecule has 7 nitrogen and oxygen atoms in total. The quantitative estimate of drug-likeness (QED) is 0.250. The second-order valence-electron chi connectivity index (χ2n) is 8.79. The van der Waals surface area contributed by atoms with Crippen molar-refractivity contribution in [3.8, 4) is 11.5 Å². The fourth-order valence-corrected chi connectivity index (χ4v) is 5.18. The molecule has 4 aromatic rings. The molecule has 1 saturated heterocycles. The van der Waals surface area contributed by atoms with Crippen molar-refractivity contribution in [2.45, 2.75) is 13.5 Å². The molecule has 0 atom stereocenters. The predicted octanol–water partition coefficient (Wildman–Crippen LogP) is 6.75. The number of aliphatic imine (C=N–C) groups is 1. The van der Waals surface area contributed by atoms with E-state index in [-0.39, 0.29) is 11.5 Å². The molecule has 0 radical (unpaired) electrons. The first-order valence-corrected chi connectivity index (χ1v) is 13.2. The molecular formula is C31H26N2O5S. The zero-order valence-electron chi connectivity index (χ0n) is 21.5. The van der Waals surface area contributed by atoms with Crippen LogP contribution in [0.2, 0.25) is 0 Å². The number of carbonyl (C=O) groups excluding carboxylic acids is 1. The highest BCUT2D eigenvalue weighted by Crippen LogP contribution is 2.36. The summed E-state index contributed by atoms with van der Waals surface area (Å²) < 4.78 is 12.0. The van der Waals surface area contributed by atoms with Crippen molar-refractivity contribution >= 4 is 51.3 Å². The number of ether oxygens (including phenoxy) is 2. The van der Waals surface area contributed by atoms with Crippen LogP contribution in [0.5, 0.6) is 11.5 Å². The maximum absolute atomic E-state index is 12.9. The molecule has 1 N–H and O–H groups in total. The zero-order chi connectivity index (χ0) is 27.4. The Morgan fingerprint density at radius 2 is 1.77 bits per heavy atom. The monoisotopic (exact) mass is 538 g/mol. The molecule has 1 amide bonds. The Morgan fingerprint density at radius 1 is 0.974 bits per heavy atom. The Labute approximate surface area is 230 Å². The summed E-state index contributed by atoms with van der Waals surface area (Å²) in [6.07, 6.45) is 1.79. The van der Waals surface area contributed by atoms with Crippen molar-refractivity contribution in [3.63, 3.8) is 0 Å². The van der Waals surface area contributed by atoms with E-state index < -0.39 is 5.97 Å². The van der Waals surface area contributed by atoms with E-state index in [9.17, 15) is 14.7 Å². The summed E-state index contributed by atoms with van der Waals surface area (Å²) in [5.74, 6) is -0.0107. The fraction of sp³-hybridized carbons (Fsp3) is 0.129. The third-order valence-corrected chi connectivity index (χ3v) is 7.21. The molecule has 0 spiro atoms. The van der Waals surface area contributed by atoms with Gasteiger partial charge in [-0.3, -0.25) is 9.69 Å². The van der Waals surface area contributed by atoms with Crippen LogP contribution in [-0.4, -0.2) is 40.7 Å². The summed E-state index contributed by atoms with van der Waals surface area (Å²) in [6, 6.07) is 26.2. The highest BCUT2D eigenvalue weighted by atomic mass is 32.2. The molecule has 196 valence electrons. The molecule has 0 aliphatic carbocycles. The Balaban J connectivity index is 1.37. The molecule has 0 unspecified atom stereocenters. The standard InChI is InChI=1S/C31H26N2O5S/c1-3-37-27-16-20(14-15-26(27)38-19-23-11-6-9-21-8-4-5-13-25(21)23)17-28-29(34)33(2)31(39-28)32-24-12-7-10-22(18-24)30(35)36/h4-18H,3,19H2,1-2H3,(H,35,36)/b28-17+,32-31?. The van der Waals surface area contributed by atoms with Gasteiger partial charge in [0.25, 0.3) is 5.91 Å². The molecule has 5 rings (SSSR count). The van der Waals surface area contributed by atoms with Crippen LogP contribution in [0.4, 0.5) is 5.69 Å². The third kappa shape index (κ3) is 5.81. The smallest absolute Gasteiger partial charge is 0.335 e. The van der Waals surface area contributed by atoms with Gasteiger partial charge in [-0.15, -0.1) is 0 Å². The van der Waals surface area contributed by atoms with E-state index >= 15 is 0 Å². The number of carboxylic acids is 1. The average Bonchev–Trinajstić information content (AvgIpc) is 3.20. The van der Waals surface area contributed by atoms with Gasteiger partial charge in [0, 0.05) is 7.05 Å². The number of amidine groups is 1. The number of fused-ring (bicyclic) bond motifs is 1. The molecule has 0 saturated carbocycles. The molecular weight excluding hydrogens is 512 g/mol. The molecule has 1 fully saturated rings. The minimum absolute atomic E-state index is 0.135. The van der Waals surface area contributed by atoms with E-state index in [1.165, 1.54) is 28.8 Å². The summed E-state index contributed by atoms with van der Waals surface area (Å²) in [4.78, 5) is 30.7. The Bertz CT molecular complexity index is 1620. The van der Waals surface area contributed by atoms with Gasteiger partial charge >= 0.3 is 5.97 Å². The third-order valence-electron chi connectivity index (χ3n) is 6.15. The minimum Gasteiger partial charge on any atom is -0.490 e. The van der Waals surface area contributed by atoms with Gasteiger partial charge in [-0.05, 0) is 77.0 Å². The van der Waals surface area contributed by atoms with Crippen LogP contribution in [0.15, 0.2) is 94.8 Å². The molecule has 39 heavy (non-hydrogen) atoms. The Hall–Kier alpha value is -4.56. The van der Waals surface area contributed by atoms with Crippen molar-refractivity contribution in [3.05, 3.63) is 107 Å². The van der Waals surface area contributed by atoms with Crippen LogP contribution in [0.1, 0.15) is 28.4 Å². The number of amides is 1. The maximum Gasteiger partial charge on any atom is 0.335 e. The largest absolute Gasteiger partial charge is 0.490 e. The molecule has 0 aromatic heterocycles. The van der Waals surface area contributed by atoms with Crippen molar-refractivity contribution < 1.29 is 24.2 Å². The molecule has 0 bridgehead atoms. The second kappa shape index (κ2) is 11.4. The average molecular weight is 539 g/mol. The van der Waals surface area contributed by atoms with Gasteiger partial charge in [-0.1, -0.05) is 54.6 Å². The van der Waals surface area contributed by atoms with E-state index in [2.05, 4.69) is 29.3 Å². The predicted molar refractivity (Wildman–Crippen MR) is 155 cm³/mol. The number of carboxylic acid groups (broad SMARTS) is 1. The number of hydrogen-bond donors (Lipinski definition) is 1. The fourth-order valence-electron chi connectivity index (χ4n) is 4.20. The number of hydrogen-bond acceptors (Lipinski definition) is 6. The molecule has 1 aliphatic heterocycles. The SMILES string of the molecule is CCOc1cc(/C=C2/SC(=Nc3cccc(C(=O)O)c3)N(C)C2=O)ccc1OCc1cccc2ccccc12. The van der Waals surface area contributed by atoms with Crippen molar-refractivity contribution in [1.82, 2.24) is 4.90 Å². The van der Waals surface area contributed by atoms with Gasteiger partial charge in [0.1, 0.15) is 6.61 Å². The lowest BCUT2D eigenvalue weighted by Crippen LogP contribution is -2.23. The number of likely N-dealkylation sites (N-methyl/N-ethyl adjacent to an activating group) is 1. The van der Waals surface area contributed by atoms with E-state index in [0.717, 1.165) is 21.9 Å². The maximum atomic E-state index is 12.9. The van der Waals surface area contributed by atoms with Gasteiger partial charge in [-0.25, -0.2) is 9.79 Å². The van der Waals surface area contributed by atoms with Crippen LogP contribution < -0.4 is 9.47 Å². The minimum atomic E-state index is -1.03. The van der Waals surface area contributed by atoms with Gasteiger partial charge in [0.05, 0.1) is 22.8 Å². The summed E-state index contributed by atoms with van der Waals surface area (Å²) in [5.41, 5.74) is 2.47. The summed E-state index contributed by atoms with van der Waals surface area (Å²) in [6.45, 7) is 2.77. The van der Waals surface area contributed by atoms with Gasteiger partial charge in [0.15, 0.2) is 16.7 Å². The van der Waals surface area contributed by atoms with Crippen LogP contribution in [0.25, 0.3) is 16.8 Å². The Morgan fingerprint density at radius 3 is 2.59 bits per heavy atom. The lowest BCUT2D eigenvalue weighted by atomic mass is 10.1. The summed E-state index contributed by atoms with van der Waals surface area (Å²) in [5, 5.41) is 12.0. The van der Waals surface area contributed by atoms with Crippen LogP contribution >= 0.6 is 11.8 Å². The van der Waals surface area contributed by atoms with Gasteiger partial charge in [-0.2, -0.15) is 0 Å². The first kappa shape index (κ1) is 26.1. The molecule has 4 aromatic carbocycles. The highest BCUT2D eigenvalue weighted by molar-refractivity contribution is 8.18. The highest BCUT2D eigenvalue weighted by Gasteiger charge is 2.30. The number of nitrogens with zero attached hydrogens (tertiary/aromatic N) is 2.